The van der Waals surface area contributed by atoms with Gasteiger partial charge in [0.1, 0.15) is 0 Å². The fourth-order valence-corrected chi connectivity index (χ4v) is 0.456. The van der Waals surface area contributed by atoms with Crippen LogP contribution in [-0.2, 0) is 4.74 Å². The van der Waals surface area contributed by atoms with Crippen molar-refractivity contribution in [3.05, 3.63) is 0 Å². The van der Waals surface area contributed by atoms with Gasteiger partial charge in [0.15, 0.2) is 0 Å². The van der Waals surface area contributed by atoms with Gasteiger partial charge in [0.05, 0.1) is 6.61 Å². The lowest BCUT2D eigenvalue weighted by atomic mass is 10.1. The first-order valence-corrected chi connectivity index (χ1v) is 3.51. The average molecular weight is 131 g/mol. The third kappa shape index (κ3) is 4.43. The second kappa shape index (κ2) is 4.77. The maximum absolute atomic E-state index is 5.60. The van der Waals surface area contributed by atoms with Gasteiger partial charge in [-0.2, -0.15) is 0 Å². The summed E-state index contributed by atoms with van der Waals surface area (Å²) in [6.07, 6.45) is 0. The van der Waals surface area contributed by atoms with Crippen molar-refractivity contribution in [1.82, 2.24) is 0 Å². The molecule has 0 aliphatic rings. The van der Waals surface area contributed by atoms with Crippen molar-refractivity contribution in [2.75, 3.05) is 13.2 Å². The van der Waals surface area contributed by atoms with Crippen LogP contribution in [0, 0.1) is 5.92 Å². The Balaban J connectivity index is 3.16. The molecular formula is C7H17NO. The van der Waals surface area contributed by atoms with Gasteiger partial charge in [0.2, 0.25) is 0 Å². The molecule has 0 aromatic carbocycles. The Kier molecular flexibility index (Phi) is 4.72. The predicted octanol–water partition coefficient (Wildman–Crippen LogP) is 1.01. The van der Waals surface area contributed by atoms with Crippen LogP contribution >= 0.6 is 0 Å². The summed E-state index contributed by atoms with van der Waals surface area (Å²) in [5.41, 5.74) is 5.60. The molecule has 0 aromatic rings. The molecule has 0 aliphatic carbocycles. The van der Waals surface area contributed by atoms with Crippen LogP contribution in [0.25, 0.3) is 0 Å². The van der Waals surface area contributed by atoms with Gasteiger partial charge in [-0.25, -0.2) is 0 Å². The summed E-state index contributed by atoms with van der Waals surface area (Å²) in [7, 11) is 0. The van der Waals surface area contributed by atoms with Gasteiger partial charge in [-0.3, -0.25) is 0 Å². The highest BCUT2D eigenvalue weighted by molar-refractivity contribution is 4.61. The number of nitrogens with two attached hydrogens (primary N) is 1. The predicted molar refractivity (Wildman–Crippen MR) is 39.3 cm³/mol. The van der Waals surface area contributed by atoms with Crippen molar-refractivity contribution in [3.8, 4) is 0 Å². The van der Waals surface area contributed by atoms with E-state index in [-0.39, 0.29) is 6.04 Å². The summed E-state index contributed by atoms with van der Waals surface area (Å²) in [6.45, 7) is 7.67. The SMILES string of the molecule is CCOCC(C)C(C)N. The van der Waals surface area contributed by atoms with Crippen LogP contribution in [0.5, 0.6) is 0 Å². The van der Waals surface area contributed by atoms with Crippen LogP contribution in [0.2, 0.25) is 0 Å². The van der Waals surface area contributed by atoms with E-state index in [9.17, 15) is 0 Å². The summed E-state index contributed by atoms with van der Waals surface area (Å²) in [6, 6.07) is 0.247. The first-order valence-electron chi connectivity index (χ1n) is 3.51. The molecule has 2 unspecified atom stereocenters. The van der Waals surface area contributed by atoms with Gasteiger partial charge < -0.3 is 10.5 Å². The van der Waals surface area contributed by atoms with Crippen molar-refractivity contribution in [2.45, 2.75) is 26.8 Å². The topological polar surface area (TPSA) is 35.2 Å². The van der Waals surface area contributed by atoms with E-state index >= 15 is 0 Å². The fraction of sp³-hybridized carbons (Fsp3) is 1.00. The van der Waals surface area contributed by atoms with E-state index in [0.717, 1.165) is 13.2 Å². The Bertz CT molecular complexity index is 63.9. The zero-order valence-corrected chi connectivity index (χ0v) is 6.55. The van der Waals surface area contributed by atoms with E-state index in [1.165, 1.54) is 0 Å². The highest BCUT2D eigenvalue weighted by Crippen LogP contribution is 1.98. The van der Waals surface area contributed by atoms with Crippen molar-refractivity contribution in [1.29, 1.82) is 0 Å². The zero-order valence-electron chi connectivity index (χ0n) is 6.55. The second-order valence-electron chi connectivity index (χ2n) is 2.50. The minimum absolute atomic E-state index is 0.247. The molecule has 0 fully saturated rings. The molecule has 0 bridgehead atoms. The van der Waals surface area contributed by atoms with Crippen molar-refractivity contribution in [3.63, 3.8) is 0 Å². The molecular weight excluding hydrogens is 114 g/mol. The number of hydrogen-bond donors (Lipinski definition) is 1. The molecule has 0 heterocycles. The molecule has 9 heavy (non-hydrogen) atoms. The summed E-state index contributed by atoms with van der Waals surface area (Å²) in [5.74, 6) is 0.477. The van der Waals surface area contributed by atoms with Gasteiger partial charge in [-0.1, -0.05) is 6.92 Å². The summed E-state index contributed by atoms with van der Waals surface area (Å²) >= 11 is 0. The lowest BCUT2D eigenvalue weighted by molar-refractivity contribution is 0.109. The normalized spacial score (nSPS) is 17.3. The molecule has 0 spiro atoms. The van der Waals surface area contributed by atoms with Crippen molar-refractivity contribution >= 4 is 0 Å². The molecule has 56 valence electrons. The quantitative estimate of drug-likeness (QED) is 0.618. The number of rotatable bonds is 4. The molecule has 0 saturated carbocycles. The highest BCUT2D eigenvalue weighted by Gasteiger charge is 2.05. The van der Waals surface area contributed by atoms with E-state index in [1.807, 2.05) is 13.8 Å². The lowest BCUT2D eigenvalue weighted by Crippen LogP contribution is -2.27. The van der Waals surface area contributed by atoms with Gasteiger partial charge >= 0.3 is 0 Å². The number of hydrogen-bond acceptors (Lipinski definition) is 2. The largest absolute Gasteiger partial charge is 0.381 e. The Labute approximate surface area is 57.4 Å². The Hall–Kier alpha value is -0.0800. The van der Waals surface area contributed by atoms with E-state index in [0.29, 0.717) is 5.92 Å². The molecule has 2 nitrogen and oxygen atoms in total. The van der Waals surface area contributed by atoms with Crippen LogP contribution in [0.15, 0.2) is 0 Å². The first kappa shape index (κ1) is 8.92. The van der Waals surface area contributed by atoms with E-state index in [4.69, 9.17) is 10.5 Å². The van der Waals surface area contributed by atoms with Crippen LogP contribution in [-0.4, -0.2) is 19.3 Å². The van der Waals surface area contributed by atoms with Crippen LogP contribution < -0.4 is 5.73 Å². The smallest absolute Gasteiger partial charge is 0.0506 e. The van der Waals surface area contributed by atoms with E-state index in [2.05, 4.69) is 6.92 Å². The molecule has 2 atom stereocenters. The third-order valence-corrected chi connectivity index (χ3v) is 1.48. The highest BCUT2D eigenvalue weighted by atomic mass is 16.5. The van der Waals surface area contributed by atoms with Crippen LogP contribution in [0.1, 0.15) is 20.8 Å². The lowest BCUT2D eigenvalue weighted by Gasteiger charge is -2.14. The van der Waals surface area contributed by atoms with Gasteiger partial charge in [-0.05, 0) is 19.8 Å². The molecule has 0 aromatic heterocycles. The maximum atomic E-state index is 5.60. The van der Waals surface area contributed by atoms with Gasteiger partial charge in [0, 0.05) is 12.6 Å². The summed E-state index contributed by atoms with van der Waals surface area (Å²) in [5, 5.41) is 0. The van der Waals surface area contributed by atoms with Crippen LogP contribution in [0.3, 0.4) is 0 Å². The molecule has 0 aliphatic heterocycles. The van der Waals surface area contributed by atoms with Crippen LogP contribution in [0.4, 0.5) is 0 Å². The zero-order chi connectivity index (χ0) is 7.28. The van der Waals surface area contributed by atoms with E-state index in [1.54, 1.807) is 0 Å². The van der Waals surface area contributed by atoms with Crippen molar-refractivity contribution < 1.29 is 4.74 Å². The third-order valence-electron chi connectivity index (χ3n) is 1.48. The summed E-state index contributed by atoms with van der Waals surface area (Å²) in [4.78, 5) is 0. The molecule has 0 rings (SSSR count). The fourth-order valence-electron chi connectivity index (χ4n) is 0.456. The minimum Gasteiger partial charge on any atom is -0.381 e. The summed E-state index contributed by atoms with van der Waals surface area (Å²) < 4.78 is 5.18. The molecule has 2 heteroatoms. The average Bonchev–Trinajstić information content (AvgIpc) is 1.82. The van der Waals surface area contributed by atoms with Crippen molar-refractivity contribution in [2.24, 2.45) is 11.7 Å². The number of ether oxygens (including phenoxy) is 1. The van der Waals surface area contributed by atoms with E-state index < -0.39 is 0 Å². The molecule has 0 radical (unpaired) electrons. The molecule has 0 saturated heterocycles. The second-order valence-corrected chi connectivity index (χ2v) is 2.50. The molecule has 2 N–H and O–H groups in total. The maximum Gasteiger partial charge on any atom is 0.0506 e. The Morgan fingerprint density at radius 2 is 2.00 bits per heavy atom. The Morgan fingerprint density at radius 3 is 2.33 bits per heavy atom. The molecule has 0 amide bonds. The standard InChI is InChI=1S/C7H17NO/c1-4-9-5-6(2)7(3)8/h6-7H,4-5,8H2,1-3H3. The first-order chi connectivity index (χ1) is 4.18. The monoisotopic (exact) mass is 131 g/mol. The minimum atomic E-state index is 0.247. The van der Waals surface area contributed by atoms with Gasteiger partial charge in [0.25, 0.3) is 0 Å². The van der Waals surface area contributed by atoms with Gasteiger partial charge in [-0.15, -0.1) is 0 Å². The Morgan fingerprint density at radius 1 is 1.44 bits per heavy atom.